The van der Waals surface area contributed by atoms with E-state index in [0.29, 0.717) is 25.9 Å². The van der Waals surface area contributed by atoms with Gasteiger partial charge in [-0.2, -0.15) is 9.97 Å². The van der Waals surface area contributed by atoms with Crippen LogP contribution in [0.3, 0.4) is 0 Å². The molecule has 2 heterocycles. The molecule has 1 N–H and O–H groups in total. The van der Waals surface area contributed by atoms with E-state index in [2.05, 4.69) is 9.97 Å². The Morgan fingerprint density at radius 3 is 2.47 bits per heavy atom. The molecular formula is C18H20FN3O7S. The largest absolute Gasteiger partial charge is 0.487 e. The van der Waals surface area contributed by atoms with Crippen molar-refractivity contribution in [1.82, 2.24) is 14.9 Å². The van der Waals surface area contributed by atoms with Gasteiger partial charge in [-0.05, 0) is 18.2 Å². The van der Waals surface area contributed by atoms with Crippen molar-refractivity contribution >= 4 is 15.9 Å². The molecule has 0 bridgehead atoms. The third-order valence-corrected chi connectivity index (χ3v) is 5.58. The first-order chi connectivity index (χ1) is 14.2. The second-order valence-corrected chi connectivity index (χ2v) is 8.59. The lowest BCUT2D eigenvalue weighted by molar-refractivity contribution is 0.0848. The van der Waals surface area contributed by atoms with Gasteiger partial charge < -0.3 is 24.2 Å². The highest BCUT2D eigenvalue weighted by Crippen LogP contribution is 2.37. The van der Waals surface area contributed by atoms with E-state index in [1.54, 1.807) is 0 Å². The minimum atomic E-state index is -3.57. The fraction of sp³-hybridized carbons (Fsp3) is 0.389. The molecule has 0 aliphatic carbocycles. The van der Waals surface area contributed by atoms with Gasteiger partial charge in [0.1, 0.15) is 12.4 Å². The number of likely N-dealkylation sites (tertiary alicyclic amines) is 1. The number of rotatable bonds is 6. The van der Waals surface area contributed by atoms with Crippen molar-refractivity contribution in [3.63, 3.8) is 0 Å². The SMILES string of the molecule is COc1c(Oc2ccc(S(C)(=O)=O)cc2F)ncnc1OC1CCN(C(=O)O)CC1. The van der Waals surface area contributed by atoms with E-state index in [9.17, 15) is 17.6 Å². The zero-order chi connectivity index (χ0) is 21.9. The Labute approximate surface area is 172 Å². The molecule has 0 radical (unpaired) electrons. The summed E-state index contributed by atoms with van der Waals surface area (Å²) in [5, 5.41) is 9.02. The van der Waals surface area contributed by atoms with E-state index in [4.69, 9.17) is 19.3 Å². The number of methoxy groups -OCH3 is 1. The summed E-state index contributed by atoms with van der Waals surface area (Å²) >= 11 is 0. The van der Waals surface area contributed by atoms with Crippen molar-refractivity contribution in [1.29, 1.82) is 0 Å². The third kappa shape index (κ3) is 4.87. The Balaban J connectivity index is 1.78. The molecule has 1 aliphatic rings. The van der Waals surface area contributed by atoms with Gasteiger partial charge in [-0.1, -0.05) is 0 Å². The average molecular weight is 441 g/mol. The predicted molar refractivity (Wildman–Crippen MR) is 101 cm³/mol. The van der Waals surface area contributed by atoms with Crippen LogP contribution in [0.2, 0.25) is 0 Å². The van der Waals surface area contributed by atoms with E-state index in [1.165, 1.54) is 24.1 Å². The second-order valence-electron chi connectivity index (χ2n) is 6.57. The van der Waals surface area contributed by atoms with Crippen LogP contribution in [0.5, 0.6) is 23.3 Å². The zero-order valence-corrected chi connectivity index (χ0v) is 17.1. The molecule has 0 unspecified atom stereocenters. The highest BCUT2D eigenvalue weighted by atomic mass is 32.2. The molecule has 30 heavy (non-hydrogen) atoms. The van der Waals surface area contributed by atoms with Crippen LogP contribution in [0.4, 0.5) is 9.18 Å². The number of nitrogens with zero attached hydrogens (tertiary/aromatic N) is 3. The monoisotopic (exact) mass is 441 g/mol. The fourth-order valence-corrected chi connectivity index (χ4v) is 3.53. The molecule has 3 rings (SSSR count). The van der Waals surface area contributed by atoms with Crippen molar-refractivity contribution in [2.24, 2.45) is 0 Å². The van der Waals surface area contributed by atoms with Crippen LogP contribution in [0, 0.1) is 5.82 Å². The average Bonchev–Trinajstić information content (AvgIpc) is 2.69. The summed E-state index contributed by atoms with van der Waals surface area (Å²) in [5.41, 5.74) is 0. The maximum Gasteiger partial charge on any atom is 0.407 e. The highest BCUT2D eigenvalue weighted by molar-refractivity contribution is 7.90. The lowest BCUT2D eigenvalue weighted by Gasteiger charge is -2.30. The number of carbonyl (C=O) groups is 1. The maximum atomic E-state index is 14.3. The normalized spacial score (nSPS) is 15.0. The topological polar surface area (TPSA) is 128 Å². The van der Waals surface area contributed by atoms with Gasteiger partial charge in [0.25, 0.3) is 11.8 Å². The first kappa shape index (κ1) is 21.6. The van der Waals surface area contributed by atoms with Crippen molar-refractivity contribution in [3.8, 4) is 23.3 Å². The maximum absolute atomic E-state index is 14.3. The van der Waals surface area contributed by atoms with Crippen LogP contribution < -0.4 is 14.2 Å². The first-order valence-corrected chi connectivity index (χ1v) is 10.8. The van der Waals surface area contributed by atoms with E-state index >= 15 is 0 Å². The predicted octanol–water partition coefficient (Wildman–Crippen LogP) is 2.34. The highest BCUT2D eigenvalue weighted by Gasteiger charge is 2.26. The molecular weight excluding hydrogens is 421 g/mol. The van der Waals surface area contributed by atoms with Crippen LogP contribution in [0.15, 0.2) is 29.4 Å². The number of piperidine rings is 1. The summed E-state index contributed by atoms with van der Waals surface area (Å²) in [5.74, 6) is -1.15. The van der Waals surface area contributed by atoms with Gasteiger partial charge in [-0.3, -0.25) is 0 Å². The number of halogens is 1. The summed E-state index contributed by atoms with van der Waals surface area (Å²) in [6.45, 7) is 0.656. The summed E-state index contributed by atoms with van der Waals surface area (Å²) in [6, 6.07) is 3.25. The second kappa shape index (κ2) is 8.69. The molecule has 1 aliphatic heterocycles. The van der Waals surface area contributed by atoms with E-state index in [0.717, 1.165) is 18.6 Å². The van der Waals surface area contributed by atoms with Crippen molar-refractivity contribution in [2.45, 2.75) is 23.8 Å². The lowest BCUT2D eigenvalue weighted by atomic mass is 10.1. The molecule has 1 aromatic heterocycles. The molecule has 1 saturated heterocycles. The number of ether oxygens (including phenoxy) is 3. The number of aromatic nitrogens is 2. The van der Waals surface area contributed by atoms with E-state index in [1.807, 2.05) is 0 Å². The molecule has 0 spiro atoms. The fourth-order valence-electron chi connectivity index (χ4n) is 2.90. The van der Waals surface area contributed by atoms with E-state index in [-0.39, 0.29) is 34.3 Å². The summed E-state index contributed by atoms with van der Waals surface area (Å²) in [6.07, 6.45) is 1.80. The molecule has 1 fully saturated rings. The Morgan fingerprint density at radius 2 is 1.90 bits per heavy atom. The number of benzene rings is 1. The van der Waals surface area contributed by atoms with Crippen molar-refractivity contribution in [3.05, 3.63) is 30.3 Å². The van der Waals surface area contributed by atoms with Gasteiger partial charge in [-0.25, -0.2) is 17.6 Å². The number of hydrogen-bond acceptors (Lipinski definition) is 8. The molecule has 162 valence electrons. The van der Waals surface area contributed by atoms with Crippen LogP contribution >= 0.6 is 0 Å². The molecule has 0 atom stereocenters. The molecule has 12 heteroatoms. The minimum Gasteiger partial charge on any atom is -0.487 e. The molecule has 1 aromatic carbocycles. The van der Waals surface area contributed by atoms with Gasteiger partial charge in [0.05, 0.1) is 12.0 Å². The summed E-state index contributed by atoms with van der Waals surface area (Å²) < 4.78 is 54.0. The number of sulfone groups is 1. The molecule has 0 saturated carbocycles. The Morgan fingerprint density at radius 1 is 1.23 bits per heavy atom. The third-order valence-electron chi connectivity index (χ3n) is 4.47. The van der Waals surface area contributed by atoms with Gasteiger partial charge in [0, 0.05) is 32.2 Å². The lowest BCUT2D eigenvalue weighted by Crippen LogP contribution is -2.41. The number of carboxylic acid groups (broad SMARTS) is 1. The van der Waals surface area contributed by atoms with Crippen LogP contribution in [0.1, 0.15) is 12.8 Å². The molecule has 10 nitrogen and oxygen atoms in total. The Hall–Kier alpha value is -3.15. The quantitative estimate of drug-likeness (QED) is 0.718. The van der Waals surface area contributed by atoms with E-state index < -0.39 is 21.7 Å². The van der Waals surface area contributed by atoms with Gasteiger partial charge in [0.15, 0.2) is 21.4 Å². The Kier molecular flexibility index (Phi) is 6.25. The molecule has 2 aromatic rings. The van der Waals surface area contributed by atoms with Crippen LogP contribution in [-0.4, -0.2) is 67.0 Å². The van der Waals surface area contributed by atoms with Crippen LogP contribution in [0.25, 0.3) is 0 Å². The zero-order valence-electron chi connectivity index (χ0n) is 16.2. The van der Waals surface area contributed by atoms with Gasteiger partial charge >= 0.3 is 6.09 Å². The summed E-state index contributed by atoms with van der Waals surface area (Å²) in [4.78, 5) is 20.1. The number of amides is 1. The van der Waals surface area contributed by atoms with Crippen molar-refractivity contribution in [2.75, 3.05) is 26.5 Å². The number of hydrogen-bond donors (Lipinski definition) is 1. The summed E-state index contributed by atoms with van der Waals surface area (Å²) in [7, 11) is -2.22. The Bertz CT molecular complexity index is 1040. The standard InChI is InChI=1S/C18H20FN3O7S/c1-27-15-16(28-11-5-7-22(8-6-11)18(23)24)20-10-21-17(15)29-14-4-3-12(9-13(14)19)30(2,25)26/h3-4,9-11H,5-8H2,1-2H3,(H,23,24). The van der Waals surface area contributed by atoms with Gasteiger partial charge in [-0.15, -0.1) is 0 Å². The van der Waals surface area contributed by atoms with Crippen LogP contribution in [-0.2, 0) is 9.84 Å². The smallest absolute Gasteiger partial charge is 0.407 e. The first-order valence-electron chi connectivity index (χ1n) is 8.90. The molecule has 1 amide bonds. The van der Waals surface area contributed by atoms with Crippen molar-refractivity contribution < 1.29 is 36.9 Å². The van der Waals surface area contributed by atoms with Gasteiger partial charge in [0.2, 0.25) is 5.75 Å². The minimum absolute atomic E-state index is 0.0322.